The summed E-state index contributed by atoms with van der Waals surface area (Å²) in [5.41, 5.74) is 1.80. The number of nitrogens with zero attached hydrogens (tertiary/aromatic N) is 2. The van der Waals surface area contributed by atoms with Crippen molar-refractivity contribution in [1.82, 2.24) is 9.55 Å². The Bertz CT molecular complexity index is 1710. The summed E-state index contributed by atoms with van der Waals surface area (Å²) in [6.07, 6.45) is -3.84. The summed E-state index contributed by atoms with van der Waals surface area (Å²) < 4.78 is 59.0. The molecule has 0 aliphatic carbocycles. The molecule has 0 spiro atoms. The second-order valence-corrected chi connectivity index (χ2v) is 10.3. The Kier molecular flexibility index (Phi) is 7.63. The van der Waals surface area contributed by atoms with Crippen LogP contribution < -0.4 is 19.3 Å². The maximum absolute atomic E-state index is 13.4. The first kappa shape index (κ1) is 28.0. The highest BCUT2D eigenvalue weighted by molar-refractivity contribution is 7.16. The van der Waals surface area contributed by atoms with E-state index >= 15 is 0 Å². The predicted octanol–water partition coefficient (Wildman–Crippen LogP) is 6.51. The van der Waals surface area contributed by atoms with Crippen LogP contribution in [0.4, 0.5) is 13.2 Å². The predicted molar refractivity (Wildman–Crippen MR) is 146 cm³/mol. The molecular weight excluding hydrogens is 557 g/mol. The molecule has 11 heteroatoms. The third-order valence-corrected chi connectivity index (χ3v) is 7.71. The van der Waals surface area contributed by atoms with Gasteiger partial charge in [0.25, 0.3) is 0 Å². The summed E-state index contributed by atoms with van der Waals surface area (Å²) in [7, 11) is 1.60. The summed E-state index contributed by atoms with van der Waals surface area (Å²) in [6, 6.07) is 18.2. The molecule has 2 heterocycles. The molecule has 5 rings (SSSR count). The van der Waals surface area contributed by atoms with Gasteiger partial charge in [-0.15, -0.1) is 11.3 Å². The van der Waals surface area contributed by atoms with E-state index in [1.54, 1.807) is 43.1 Å². The van der Waals surface area contributed by atoms with Crippen molar-refractivity contribution >= 4 is 28.3 Å². The fourth-order valence-corrected chi connectivity index (χ4v) is 5.42. The van der Waals surface area contributed by atoms with Crippen molar-refractivity contribution in [3.8, 4) is 22.2 Å². The third kappa shape index (κ3) is 5.85. The van der Waals surface area contributed by atoms with Crippen LogP contribution in [0, 0.1) is 6.92 Å². The molecule has 0 unspecified atom stereocenters. The molecule has 3 aromatic carbocycles. The number of imidazole rings is 1. The lowest BCUT2D eigenvalue weighted by Gasteiger charge is -2.20. The molecule has 0 aliphatic rings. The third-order valence-electron chi connectivity index (χ3n) is 6.61. The van der Waals surface area contributed by atoms with E-state index in [0.717, 1.165) is 28.7 Å². The number of hydrogen-bond acceptors (Lipinski definition) is 7. The first-order valence-electron chi connectivity index (χ1n) is 12.5. The fraction of sp³-hybridized carbons (Fsp3) is 0.200. The van der Waals surface area contributed by atoms with Crippen LogP contribution in [0.3, 0.4) is 0 Å². The first-order chi connectivity index (χ1) is 19.5. The Morgan fingerprint density at radius 1 is 1.07 bits per heavy atom. The Labute approximate surface area is 237 Å². The largest absolute Gasteiger partial charge is 0.544 e. The van der Waals surface area contributed by atoms with Gasteiger partial charge in [0.1, 0.15) is 41.3 Å². The minimum Gasteiger partial charge on any atom is -0.544 e. The zero-order valence-corrected chi connectivity index (χ0v) is 23.0. The number of carboxylic acid groups (broad SMARTS) is 1. The molecule has 0 saturated carbocycles. The number of rotatable bonds is 9. The summed E-state index contributed by atoms with van der Waals surface area (Å²) >= 11 is 0.912. The number of thiophene rings is 1. The number of ether oxygens (including phenoxy) is 3. The quantitative estimate of drug-likeness (QED) is 0.197. The van der Waals surface area contributed by atoms with E-state index < -0.39 is 23.8 Å². The number of methoxy groups -OCH3 is 1. The Morgan fingerprint density at radius 3 is 2.49 bits per heavy atom. The molecular formula is C30H24F3N2O5S-. The zero-order valence-electron chi connectivity index (χ0n) is 22.2. The smallest absolute Gasteiger partial charge is 0.416 e. The number of hydrogen-bond donors (Lipinski definition) is 0. The summed E-state index contributed by atoms with van der Waals surface area (Å²) in [4.78, 5) is 16.2. The molecule has 2 aromatic heterocycles. The Hall–Kier alpha value is -4.51. The van der Waals surface area contributed by atoms with E-state index in [1.807, 2.05) is 24.3 Å². The van der Waals surface area contributed by atoms with Crippen molar-refractivity contribution in [3.05, 3.63) is 100 Å². The van der Waals surface area contributed by atoms with E-state index in [9.17, 15) is 23.1 Å². The molecule has 0 aliphatic heterocycles. The second kappa shape index (κ2) is 11.2. The van der Waals surface area contributed by atoms with E-state index in [0.29, 0.717) is 34.0 Å². The van der Waals surface area contributed by atoms with Gasteiger partial charge < -0.3 is 24.1 Å². The van der Waals surface area contributed by atoms with Crippen molar-refractivity contribution < 1.29 is 37.3 Å². The highest BCUT2D eigenvalue weighted by Crippen LogP contribution is 2.39. The summed E-state index contributed by atoms with van der Waals surface area (Å²) in [5, 5.41) is 12.4. The molecule has 0 radical (unpaired) electrons. The van der Waals surface area contributed by atoms with Gasteiger partial charge in [0, 0.05) is 12.1 Å². The highest BCUT2D eigenvalue weighted by atomic mass is 32.1. The number of carboxylic acids is 1. The van der Waals surface area contributed by atoms with Crippen molar-refractivity contribution in [2.24, 2.45) is 0 Å². The molecule has 0 bridgehead atoms. The SMILES string of the molecule is COc1ccc(COc2ccc3ncn(-c4cc(O[C@H](C)c5cccc(C(F)(F)F)c5C)c(C(=O)[O-])s4)c3c2)cc1. The first-order valence-corrected chi connectivity index (χ1v) is 13.3. The van der Waals surface area contributed by atoms with Crippen LogP contribution in [0.1, 0.15) is 45.0 Å². The number of halogens is 3. The van der Waals surface area contributed by atoms with Gasteiger partial charge in [-0.25, -0.2) is 4.98 Å². The van der Waals surface area contributed by atoms with Crippen LogP contribution in [0.2, 0.25) is 0 Å². The molecule has 5 aromatic rings. The zero-order chi connectivity index (χ0) is 29.3. The molecule has 7 nitrogen and oxygen atoms in total. The number of aromatic nitrogens is 2. The minimum atomic E-state index is -4.52. The number of carbonyl (C=O) groups excluding carboxylic acids is 1. The number of alkyl halides is 3. The Morgan fingerprint density at radius 2 is 1.80 bits per heavy atom. The minimum absolute atomic E-state index is 0.0110. The standard InChI is InChI=1S/C30H25F3N2O5S/c1-17-22(5-4-6-23(17)30(31,32)33)18(2)40-26-14-27(41-28(26)29(36)37)35-16-34-24-12-11-21(13-25(24)35)39-15-19-7-9-20(38-3)10-8-19/h4-14,16,18H,15H2,1-3H3,(H,36,37)/p-1/t18-/m1/s1. The lowest BCUT2D eigenvalue weighted by atomic mass is 9.98. The maximum atomic E-state index is 13.4. The van der Waals surface area contributed by atoms with Crippen LogP contribution in [-0.2, 0) is 12.8 Å². The number of aromatic carboxylic acids is 1. The monoisotopic (exact) mass is 581 g/mol. The second-order valence-electron chi connectivity index (χ2n) is 9.24. The number of carbonyl (C=O) groups is 1. The van der Waals surface area contributed by atoms with Crippen molar-refractivity contribution in [1.29, 1.82) is 0 Å². The topological polar surface area (TPSA) is 85.6 Å². The van der Waals surface area contributed by atoms with Gasteiger partial charge in [0.2, 0.25) is 0 Å². The van der Waals surface area contributed by atoms with Gasteiger partial charge in [0.15, 0.2) is 0 Å². The van der Waals surface area contributed by atoms with E-state index in [2.05, 4.69) is 4.98 Å². The van der Waals surface area contributed by atoms with Crippen LogP contribution in [0.25, 0.3) is 16.0 Å². The van der Waals surface area contributed by atoms with Gasteiger partial charge in [-0.05, 0) is 60.9 Å². The van der Waals surface area contributed by atoms with Gasteiger partial charge >= 0.3 is 6.18 Å². The molecule has 0 amide bonds. The van der Waals surface area contributed by atoms with E-state index in [-0.39, 0.29) is 16.2 Å². The summed E-state index contributed by atoms with van der Waals surface area (Å²) in [6.45, 7) is 3.25. The lowest BCUT2D eigenvalue weighted by Crippen LogP contribution is -2.22. The van der Waals surface area contributed by atoms with Crippen molar-refractivity contribution in [3.63, 3.8) is 0 Å². The average molecular weight is 582 g/mol. The normalized spacial score (nSPS) is 12.3. The highest BCUT2D eigenvalue weighted by Gasteiger charge is 2.33. The lowest BCUT2D eigenvalue weighted by molar-refractivity contribution is -0.254. The van der Waals surface area contributed by atoms with Gasteiger partial charge in [-0.2, -0.15) is 13.2 Å². The molecule has 41 heavy (non-hydrogen) atoms. The Balaban J connectivity index is 1.42. The van der Waals surface area contributed by atoms with Crippen LogP contribution >= 0.6 is 11.3 Å². The van der Waals surface area contributed by atoms with Crippen LogP contribution in [-0.4, -0.2) is 22.6 Å². The average Bonchev–Trinajstić information content (AvgIpc) is 3.55. The van der Waals surface area contributed by atoms with Crippen molar-refractivity contribution in [2.75, 3.05) is 7.11 Å². The molecule has 212 valence electrons. The molecule has 0 N–H and O–H groups in total. The van der Waals surface area contributed by atoms with Gasteiger partial charge in [-0.1, -0.05) is 24.3 Å². The number of benzene rings is 3. The molecule has 0 saturated heterocycles. The maximum Gasteiger partial charge on any atom is 0.416 e. The van der Waals surface area contributed by atoms with E-state index in [4.69, 9.17) is 14.2 Å². The molecule has 1 atom stereocenters. The van der Waals surface area contributed by atoms with Crippen LogP contribution in [0.5, 0.6) is 17.2 Å². The van der Waals surface area contributed by atoms with Crippen molar-refractivity contribution in [2.45, 2.75) is 32.7 Å². The summed E-state index contributed by atoms with van der Waals surface area (Å²) in [5.74, 6) is -0.147. The molecule has 0 fully saturated rings. The van der Waals surface area contributed by atoms with Gasteiger partial charge in [-0.3, -0.25) is 4.57 Å². The fourth-order valence-electron chi connectivity index (χ4n) is 4.51. The van der Waals surface area contributed by atoms with E-state index in [1.165, 1.54) is 25.1 Å². The van der Waals surface area contributed by atoms with Gasteiger partial charge in [0.05, 0.1) is 34.6 Å². The number of fused-ring (bicyclic) bond motifs is 1. The van der Waals surface area contributed by atoms with Crippen LogP contribution in [0.15, 0.2) is 73.1 Å².